The number of hydrogen-bond donors (Lipinski definition) is 2. The number of carbonyl (C=O) groups excluding carboxylic acids is 4. The lowest BCUT2D eigenvalue weighted by atomic mass is 10.2. The first-order valence-corrected chi connectivity index (χ1v) is 6.73. The van der Waals surface area contributed by atoms with Crippen LogP contribution >= 0.6 is 0 Å². The van der Waals surface area contributed by atoms with Gasteiger partial charge in [-0.05, 0) is 12.8 Å². The Kier molecular flexibility index (Phi) is 6.93. The fraction of sp³-hybridized carbons (Fsp3) is 0.538. The lowest BCUT2D eigenvalue weighted by Crippen LogP contribution is -2.31. The molecule has 0 unspecified atom stereocenters. The molecule has 4 amide bonds. The van der Waals surface area contributed by atoms with Crippen molar-refractivity contribution in [1.29, 1.82) is 0 Å². The van der Waals surface area contributed by atoms with Gasteiger partial charge in [-0.2, -0.15) is 0 Å². The summed E-state index contributed by atoms with van der Waals surface area (Å²) in [7, 11) is 0. The maximum atomic E-state index is 11.4. The lowest BCUT2D eigenvalue weighted by Gasteiger charge is -2.13. The van der Waals surface area contributed by atoms with Crippen molar-refractivity contribution in [3.63, 3.8) is 0 Å². The minimum Gasteiger partial charge on any atom is -0.448 e. The van der Waals surface area contributed by atoms with E-state index in [2.05, 4.69) is 10.1 Å². The molecular weight excluding hydrogens is 278 g/mol. The third-order valence-corrected chi connectivity index (χ3v) is 2.85. The van der Waals surface area contributed by atoms with Crippen LogP contribution in [0.2, 0.25) is 0 Å². The summed E-state index contributed by atoms with van der Waals surface area (Å²) in [5.74, 6) is -0.711. The van der Waals surface area contributed by atoms with Gasteiger partial charge < -0.3 is 15.8 Å². The van der Waals surface area contributed by atoms with Gasteiger partial charge in [-0.15, -0.1) is 0 Å². The molecule has 0 aromatic carbocycles. The van der Waals surface area contributed by atoms with Crippen molar-refractivity contribution >= 4 is 23.8 Å². The van der Waals surface area contributed by atoms with Crippen LogP contribution in [0, 0.1) is 0 Å². The molecule has 8 heteroatoms. The molecule has 116 valence electrons. The monoisotopic (exact) mass is 297 g/mol. The molecule has 0 spiro atoms. The molecular formula is C13H19N3O5. The summed E-state index contributed by atoms with van der Waals surface area (Å²) in [6.07, 6.45) is 4.04. The van der Waals surface area contributed by atoms with Crippen LogP contribution in [0.25, 0.3) is 0 Å². The fourth-order valence-corrected chi connectivity index (χ4v) is 1.81. The Bertz CT molecular complexity index is 429. The quantitative estimate of drug-likeness (QED) is 0.446. The summed E-state index contributed by atoms with van der Waals surface area (Å²) in [5.41, 5.74) is 4.76. The van der Waals surface area contributed by atoms with Gasteiger partial charge in [0.2, 0.25) is 5.91 Å². The van der Waals surface area contributed by atoms with E-state index in [9.17, 15) is 19.2 Å². The second-order valence-electron chi connectivity index (χ2n) is 4.49. The van der Waals surface area contributed by atoms with E-state index in [4.69, 9.17) is 5.73 Å². The summed E-state index contributed by atoms with van der Waals surface area (Å²) in [4.78, 5) is 45.4. The Morgan fingerprint density at radius 3 is 2.43 bits per heavy atom. The van der Waals surface area contributed by atoms with E-state index in [0.29, 0.717) is 25.8 Å². The first kappa shape index (κ1) is 16.7. The van der Waals surface area contributed by atoms with Gasteiger partial charge in [-0.25, -0.2) is 4.79 Å². The highest BCUT2D eigenvalue weighted by molar-refractivity contribution is 6.12. The highest BCUT2D eigenvalue weighted by Crippen LogP contribution is 2.07. The average molecular weight is 297 g/mol. The SMILES string of the molecule is NC(=O)OCCNC(=O)CCCCCN1C(=O)C=CC1=O. The van der Waals surface area contributed by atoms with Gasteiger partial charge in [0.25, 0.3) is 11.8 Å². The van der Waals surface area contributed by atoms with Gasteiger partial charge in [0.05, 0.1) is 6.54 Å². The molecule has 0 aliphatic carbocycles. The normalized spacial score (nSPS) is 13.6. The zero-order valence-electron chi connectivity index (χ0n) is 11.7. The molecule has 0 bridgehead atoms. The minimum absolute atomic E-state index is 0.0489. The van der Waals surface area contributed by atoms with Crippen LogP contribution < -0.4 is 11.1 Å². The van der Waals surface area contributed by atoms with Crippen molar-refractivity contribution < 1.29 is 23.9 Å². The van der Waals surface area contributed by atoms with Crippen molar-refractivity contribution in [1.82, 2.24) is 10.2 Å². The molecule has 0 saturated carbocycles. The zero-order chi connectivity index (χ0) is 15.7. The first-order chi connectivity index (χ1) is 10.0. The summed E-state index contributed by atoms with van der Waals surface area (Å²) in [6, 6.07) is 0. The predicted molar refractivity (Wildman–Crippen MR) is 72.9 cm³/mol. The second-order valence-corrected chi connectivity index (χ2v) is 4.49. The fourth-order valence-electron chi connectivity index (χ4n) is 1.81. The number of primary amides is 1. The van der Waals surface area contributed by atoms with Crippen molar-refractivity contribution in [3.8, 4) is 0 Å². The number of rotatable bonds is 9. The molecule has 0 saturated heterocycles. The third kappa shape index (κ3) is 6.55. The molecule has 1 aliphatic heterocycles. The van der Waals surface area contributed by atoms with Crippen LogP contribution in [0.15, 0.2) is 12.2 Å². The highest BCUT2D eigenvalue weighted by atomic mass is 16.5. The number of hydrogen-bond acceptors (Lipinski definition) is 5. The van der Waals surface area contributed by atoms with Crippen LogP contribution in [0.4, 0.5) is 4.79 Å². The van der Waals surface area contributed by atoms with E-state index in [0.717, 1.165) is 6.42 Å². The maximum Gasteiger partial charge on any atom is 0.404 e. The largest absolute Gasteiger partial charge is 0.448 e. The third-order valence-electron chi connectivity index (χ3n) is 2.85. The van der Waals surface area contributed by atoms with Gasteiger partial charge in [0, 0.05) is 25.1 Å². The Morgan fingerprint density at radius 1 is 1.14 bits per heavy atom. The molecule has 0 aromatic rings. The molecule has 0 atom stereocenters. The minimum atomic E-state index is -0.871. The van der Waals surface area contributed by atoms with Gasteiger partial charge in [0.15, 0.2) is 0 Å². The van der Waals surface area contributed by atoms with E-state index in [-0.39, 0.29) is 30.9 Å². The van der Waals surface area contributed by atoms with Gasteiger partial charge in [-0.1, -0.05) is 6.42 Å². The van der Waals surface area contributed by atoms with E-state index in [1.165, 1.54) is 17.1 Å². The standard InChI is InChI=1S/C13H19N3O5/c14-13(20)21-9-7-15-10(17)4-2-1-3-8-16-11(18)5-6-12(16)19/h5-6H,1-4,7-9H2,(H2,14,20)(H,15,17). The lowest BCUT2D eigenvalue weighted by molar-refractivity contribution is -0.136. The number of amides is 4. The van der Waals surface area contributed by atoms with Crippen molar-refractivity contribution in [3.05, 3.63) is 12.2 Å². The zero-order valence-corrected chi connectivity index (χ0v) is 11.7. The van der Waals surface area contributed by atoms with Crippen LogP contribution in [-0.4, -0.2) is 48.4 Å². The van der Waals surface area contributed by atoms with Crippen LogP contribution in [-0.2, 0) is 19.1 Å². The number of carbonyl (C=O) groups is 4. The molecule has 0 fully saturated rings. The van der Waals surface area contributed by atoms with E-state index in [1.807, 2.05) is 0 Å². The Labute approximate surface area is 122 Å². The molecule has 1 rings (SSSR count). The second kappa shape index (κ2) is 8.72. The van der Waals surface area contributed by atoms with Gasteiger partial charge in [0.1, 0.15) is 6.61 Å². The first-order valence-electron chi connectivity index (χ1n) is 6.73. The van der Waals surface area contributed by atoms with E-state index in [1.54, 1.807) is 0 Å². The number of nitrogens with two attached hydrogens (primary N) is 1. The molecule has 1 heterocycles. The average Bonchev–Trinajstić information content (AvgIpc) is 2.74. The Hall–Kier alpha value is -2.38. The van der Waals surface area contributed by atoms with Crippen LogP contribution in [0.5, 0.6) is 0 Å². The number of imide groups is 1. The van der Waals surface area contributed by atoms with Crippen molar-refractivity contribution in [2.75, 3.05) is 19.7 Å². The van der Waals surface area contributed by atoms with Gasteiger partial charge >= 0.3 is 6.09 Å². The Balaban J connectivity index is 1.99. The van der Waals surface area contributed by atoms with Crippen LogP contribution in [0.3, 0.4) is 0 Å². The Morgan fingerprint density at radius 2 is 1.81 bits per heavy atom. The predicted octanol–water partition coefficient (Wildman–Crippen LogP) is -0.317. The van der Waals surface area contributed by atoms with E-state index >= 15 is 0 Å². The van der Waals surface area contributed by atoms with Crippen LogP contribution in [0.1, 0.15) is 25.7 Å². The topological polar surface area (TPSA) is 119 Å². The van der Waals surface area contributed by atoms with E-state index < -0.39 is 6.09 Å². The molecule has 3 N–H and O–H groups in total. The number of ether oxygens (including phenoxy) is 1. The highest BCUT2D eigenvalue weighted by Gasteiger charge is 2.22. The summed E-state index contributed by atoms with van der Waals surface area (Å²) >= 11 is 0. The number of nitrogens with zero attached hydrogens (tertiary/aromatic N) is 1. The maximum absolute atomic E-state index is 11.4. The summed E-state index contributed by atoms with van der Waals surface area (Å²) < 4.78 is 4.46. The van der Waals surface area contributed by atoms with Crippen molar-refractivity contribution in [2.45, 2.75) is 25.7 Å². The molecule has 8 nitrogen and oxygen atoms in total. The smallest absolute Gasteiger partial charge is 0.404 e. The molecule has 1 aliphatic rings. The molecule has 0 radical (unpaired) electrons. The molecule has 21 heavy (non-hydrogen) atoms. The summed E-state index contributed by atoms with van der Waals surface area (Å²) in [6.45, 7) is 0.649. The van der Waals surface area contributed by atoms with Crippen molar-refractivity contribution in [2.24, 2.45) is 5.73 Å². The number of unbranched alkanes of at least 4 members (excludes halogenated alkanes) is 2. The number of nitrogens with one attached hydrogen (secondary N) is 1. The molecule has 0 aromatic heterocycles. The summed E-state index contributed by atoms with van der Waals surface area (Å²) in [5, 5.41) is 2.58. The van der Waals surface area contributed by atoms with Gasteiger partial charge in [-0.3, -0.25) is 19.3 Å².